The number of halogens is 3. The Hall–Kier alpha value is -2.24. The molecule has 226 valence electrons. The van der Waals surface area contributed by atoms with Crippen molar-refractivity contribution in [3.63, 3.8) is 0 Å². The third-order valence-corrected chi connectivity index (χ3v) is 12.0. The highest BCUT2D eigenvalue weighted by atomic mass is 32.2. The normalized spacial score (nSPS) is 27.0. The fourth-order valence-corrected chi connectivity index (χ4v) is 9.02. The second-order valence-corrected chi connectivity index (χ2v) is 15.5. The van der Waals surface area contributed by atoms with Gasteiger partial charge < -0.3 is 15.3 Å². The number of rotatable bonds is 6. The number of alkyl halides is 3. The number of piperidine rings is 1. The van der Waals surface area contributed by atoms with Crippen molar-refractivity contribution in [1.29, 1.82) is 4.78 Å². The van der Waals surface area contributed by atoms with Crippen LogP contribution in [0.5, 0.6) is 0 Å². The number of anilines is 2. The zero-order valence-electron chi connectivity index (χ0n) is 24.4. The maximum absolute atomic E-state index is 13.8. The molecule has 1 aromatic heterocycles. The summed E-state index contributed by atoms with van der Waals surface area (Å²) in [4.78, 5) is 11.2. The Labute approximate surface area is 241 Å². The second-order valence-electron chi connectivity index (χ2n) is 13.1. The number of aliphatic hydroxyl groups is 1. The fraction of sp³-hybridized carbons (Fsp3) is 0.667. The highest BCUT2D eigenvalue weighted by Crippen LogP contribution is 2.53. The molecule has 0 radical (unpaired) electrons. The topological polar surface area (TPSA) is 102 Å². The number of hydrogen-bond acceptors (Lipinski definition) is 7. The number of nitrogens with zero attached hydrogens (tertiary/aromatic N) is 3. The van der Waals surface area contributed by atoms with E-state index < -0.39 is 33.0 Å². The molecule has 3 N–H and O–H groups in total. The summed E-state index contributed by atoms with van der Waals surface area (Å²) in [5, 5.41) is 13.2. The number of nitrogens with one attached hydrogen (secondary N) is 2. The van der Waals surface area contributed by atoms with Crippen molar-refractivity contribution >= 4 is 21.4 Å². The Morgan fingerprint density at radius 2 is 1.78 bits per heavy atom. The van der Waals surface area contributed by atoms with E-state index in [1.54, 1.807) is 25.1 Å². The molecule has 1 saturated heterocycles. The van der Waals surface area contributed by atoms with Crippen molar-refractivity contribution in [1.82, 2.24) is 14.9 Å². The minimum atomic E-state index is -4.58. The Balaban J connectivity index is 1.30. The van der Waals surface area contributed by atoms with Gasteiger partial charge in [-0.25, -0.2) is 19.0 Å². The zero-order valence-corrected chi connectivity index (χ0v) is 25.2. The van der Waals surface area contributed by atoms with Crippen molar-refractivity contribution in [2.75, 3.05) is 18.4 Å². The number of aryl methyl sites for hydroxylation is 1. The van der Waals surface area contributed by atoms with Gasteiger partial charge in [0.05, 0.1) is 26.6 Å². The maximum atomic E-state index is 13.8. The Morgan fingerprint density at radius 1 is 1.15 bits per heavy atom. The van der Waals surface area contributed by atoms with Crippen LogP contribution in [0.2, 0.25) is 0 Å². The molecule has 5 rings (SSSR count). The number of benzene rings is 1. The number of aromatic nitrogens is 2. The van der Waals surface area contributed by atoms with Crippen LogP contribution in [0.3, 0.4) is 0 Å². The SMILES string of the molecule is Cc1cc(S(=N)(=O)C2CC3(CCN(C(C)C)CC3)C2)ccc1Nc1ncc(C(F)(F)F)c(C2CCC(C)(O)CC2)n1. The highest BCUT2D eigenvalue weighted by molar-refractivity contribution is 7.93. The summed E-state index contributed by atoms with van der Waals surface area (Å²) in [5.41, 5.74) is -0.241. The maximum Gasteiger partial charge on any atom is 0.419 e. The minimum Gasteiger partial charge on any atom is -0.390 e. The summed E-state index contributed by atoms with van der Waals surface area (Å²) in [6.07, 6.45) is 1.72. The first-order valence-corrected chi connectivity index (χ1v) is 16.3. The molecule has 0 amide bonds. The minimum absolute atomic E-state index is 0.0490. The second kappa shape index (κ2) is 10.8. The predicted octanol–water partition coefficient (Wildman–Crippen LogP) is 7.01. The molecule has 41 heavy (non-hydrogen) atoms. The van der Waals surface area contributed by atoms with E-state index in [4.69, 9.17) is 4.78 Å². The molecule has 1 unspecified atom stereocenters. The molecule has 2 aromatic rings. The molecule has 1 spiro atoms. The zero-order chi connectivity index (χ0) is 29.8. The monoisotopic (exact) mass is 593 g/mol. The lowest BCUT2D eigenvalue weighted by atomic mass is 9.63. The van der Waals surface area contributed by atoms with Crippen molar-refractivity contribution < 1.29 is 22.5 Å². The van der Waals surface area contributed by atoms with Crippen molar-refractivity contribution in [2.45, 2.75) is 113 Å². The summed E-state index contributed by atoms with van der Waals surface area (Å²) < 4.78 is 63.9. The molecule has 0 bridgehead atoms. The molecule has 1 aromatic carbocycles. The van der Waals surface area contributed by atoms with Crippen LogP contribution in [0, 0.1) is 17.1 Å². The predicted molar refractivity (Wildman–Crippen MR) is 154 cm³/mol. The molecule has 2 aliphatic carbocycles. The van der Waals surface area contributed by atoms with Gasteiger partial charge in [-0.2, -0.15) is 13.2 Å². The summed E-state index contributed by atoms with van der Waals surface area (Å²) in [7, 11) is -2.99. The van der Waals surface area contributed by atoms with Crippen LogP contribution in [0.15, 0.2) is 29.3 Å². The van der Waals surface area contributed by atoms with E-state index in [0.717, 1.165) is 50.5 Å². The van der Waals surface area contributed by atoms with Gasteiger partial charge in [0.15, 0.2) is 0 Å². The van der Waals surface area contributed by atoms with Crippen molar-refractivity contribution in [3.05, 3.63) is 41.2 Å². The lowest BCUT2D eigenvalue weighted by Gasteiger charge is -2.53. The van der Waals surface area contributed by atoms with Crippen LogP contribution in [0.25, 0.3) is 0 Å². The molecule has 1 aliphatic heterocycles. The van der Waals surface area contributed by atoms with Gasteiger partial charge >= 0.3 is 6.18 Å². The van der Waals surface area contributed by atoms with Crippen LogP contribution < -0.4 is 5.32 Å². The van der Waals surface area contributed by atoms with Gasteiger partial charge in [-0.05, 0) is 121 Å². The van der Waals surface area contributed by atoms with E-state index in [0.29, 0.717) is 42.3 Å². The standard InChI is InChI=1S/C30H42F3N5O2S/c1-19(2)38-13-11-29(12-14-38)16-23(17-29)41(34,40)22-5-6-25(20(3)15-22)36-27-35-18-24(30(31,32)33)26(37-27)21-7-9-28(4,39)10-8-21/h5-6,15,18-19,21,23,34,39H,7-14,16-17H2,1-4H3,(H,35,36,37). The van der Waals surface area contributed by atoms with E-state index in [1.807, 2.05) is 6.92 Å². The summed E-state index contributed by atoms with van der Waals surface area (Å²) in [5.74, 6) is -0.364. The third-order valence-electron chi connectivity index (χ3n) is 9.75. The summed E-state index contributed by atoms with van der Waals surface area (Å²) >= 11 is 0. The first-order chi connectivity index (χ1) is 19.1. The molecular formula is C30H42F3N5O2S. The molecule has 7 nitrogen and oxygen atoms in total. The largest absolute Gasteiger partial charge is 0.419 e. The van der Waals surface area contributed by atoms with Gasteiger partial charge in [0.25, 0.3) is 0 Å². The molecule has 3 fully saturated rings. The average Bonchev–Trinajstić information content (AvgIpc) is 2.87. The average molecular weight is 594 g/mol. The van der Waals surface area contributed by atoms with E-state index in [2.05, 4.69) is 34.0 Å². The third kappa shape index (κ3) is 6.27. The molecule has 1 atom stereocenters. The van der Waals surface area contributed by atoms with Crippen molar-refractivity contribution in [3.8, 4) is 0 Å². The Morgan fingerprint density at radius 3 is 2.34 bits per heavy atom. The van der Waals surface area contributed by atoms with Gasteiger partial charge in [-0.3, -0.25) is 0 Å². The summed E-state index contributed by atoms with van der Waals surface area (Å²) in [6, 6.07) is 5.68. The summed E-state index contributed by atoms with van der Waals surface area (Å²) in [6.45, 7) is 10.1. The molecule has 2 saturated carbocycles. The smallest absolute Gasteiger partial charge is 0.390 e. The van der Waals surface area contributed by atoms with E-state index in [9.17, 15) is 22.5 Å². The fourth-order valence-electron chi connectivity index (χ4n) is 6.84. The van der Waals surface area contributed by atoms with Crippen LogP contribution in [-0.4, -0.2) is 54.2 Å². The van der Waals surface area contributed by atoms with Crippen molar-refractivity contribution in [2.24, 2.45) is 5.41 Å². The van der Waals surface area contributed by atoms with E-state index >= 15 is 0 Å². The molecule has 2 heterocycles. The van der Waals surface area contributed by atoms with Gasteiger partial charge in [0, 0.05) is 34.0 Å². The van der Waals surface area contributed by atoms with E-state index in [-0.39, 0.29) is 22.3 Å². The van der Waals surface area contributed by atoms with Crippen LogP contribution in [0.1, 0.15) is 94.9 Å². The van der Waals surface area contributed by atoms with Gasteiger partial charge in [-0.1, -0.05) is 0 Å². The van der Waals surface area contributed by atoms with Gasteiger partial charge in [0.2, 0.25) is 5.95 Å². The Kier molecular flexibility index (Phi) is 7.96. The quantitative estimate of drug-likeness (QED) is 0.333. The first kappa shape index (κ1) is 30.2. The van der Waals surface area contributed by atoms with Crippen LogP contribution in [0.4, 0.5) is 24.8 Å². The molecular weight excluding hydrogens is 551 g/mol. The number of hydrogen-bond donors (Lipinski definition) is 3. The van der Waals surface area contributed by atoms with Crippen LogP contribution in [-0.2, 0) is 15.9 Å². The van der Waals surface area contributed by atoms with Gasteiger partial charge in [0.1, 0.15) is 0 Å². The Bertz CT molecular complexity index is 1370. The highest BCUT2D eigenvalue weighted by Gasteiger charge is 2.50. The number of likely N-dealkylation sites (tertiary alicyclic amines) is 1. The van der Waals surface area contributed by atoms with Crippen LogP contribution >= 0.6 is 0 Å². The lowest BCUT2D eigenvalue weighted by Crippen LogP contribution is -2.52. The molecule has 11 heteroatoms. The molecule has 3 aliphatic rings. The van der Waals surface area contributed by atoms with E-state index in [1.165, 1.54) is 0 Å². The first-order valence-electron chi connectivity index (χ1n) is 14.6. The van der Waals surface area contributed by atoms with Gasteiger partial charge in [-0.15, -0.1) is 0 Å². The lowest BCUT2D eigenvalue weighted by molar-refractivity contribution is -0.139.